The largest absolute Gasteiger partial charge is 0.329 e. The van der Waals surface area contributed by atoms with Gasteiger partial charge in [-0.05, 0) is 19.8 Å². The molecule has 1 unspecified atom stereocenters. The van der Waals surface area contributed by atoms with Crippen LogP contribution >= 0.6 is 0 Å². The lowest BCUT2D eigenvalue weighted by Gasteiger charge is -2.20. The highest BCUT2D eigenvalue weighted by molar-refractivity contribution is 7.89. The van der Waals surface area contributed by atoms with Gasteiger partial charge >= 0.3 is 0 Å². The maximum absolute atomic E-state index is 11.5. The molecular formula is C7H16N2O2S. The van der Waals surface area contributed by atoms with E-state index in [0.29, 0.717) is 6.54 Å². The van der Waals surface area contributed by atoms with Crippen LogP contribution in [-0.2, 0) is 10.0 Å². The van der Waals surface area contributed by atoms with E-state index in [1.807, 2.05) is 6.92 Å². The summed E-state index contributed by atoms with van der Waals surface area (Å²) in [5.74, 6) is 0.0807. The Morgan fingerprint density at radius 2 is 2.25 bits per heavy atom. The predicted molar refractivity (Wildman–Crippen MR) is 48.2 cm³/mol. The highest BCUT2D eigenvalue weighted by atomic mass is 32.2. The third-order valence-electron chi connectivity index (χ3n) is 2.23. The van der Waals surface area contributed by atoms with Crippen molar-refractivity contribution in [1.29, 1.82) is 0 Å². The fraction of sp³-hybridized carbons (Fsp3) is 1.00. The predicted octanol–water partition coefficient (Wildman–Crippen LogP) is -0.241. The van der Waals surface area contributed by atoms with E-state index in [2.05, 4.69) is 0 Å². The molecule has 1 aliphatic rings. The second-order valence-corrected chi connectivity index (χ2v) is 5.25. The van der Waals surface area contributed by atoms with Crippen molar-refractivity contribution in [3.63, 3.8) is 0 Å². The van der Waals surface area contributed by atoms with Crippen molar-refractivity contribution < 1.29 is 8.42 Å². The van der Waals surface area contributed by atoms with E-state index in [1.54, 1.807) is 4.31 Å². The Bertz CT molecular complexity index is 238. The van der Waals surface area contributed by atoms with E-state index in [1.165, 1.54) is 0 Å². The average Bonchev–Trinajstić information content (AvgIpc) is 2.35. The van der Waals surface area contributed by atoms with Gasteiger partial charge in [0.25, 0.3) is 0 Å². The maximum atomic E-state index is 11.5. The Kier molecular flexibility index (Phi) is 3.09. The van der Waals surface area contributed by atoms with Gasteiger partial charge in [-0.1, -0.05) is 0 Å². The van der Waals surface area contributed by atoms with E-state index < -0.39 is 10.0 Å². The summed E-state index contributed by atoms with van der Waals surface area (Å²) >= 11 is 0. The SMILES string of the molecule is CC1CCCN1S(=O)(=O)CCN. The first-order chi connectivity index (χ1) is 5.58. The molecule has 0 bridgehead atoms. The topological polar surface area (TPSA) is 63.4 Å². The second kappa shape index (κ2) is 3.72. The lowest BCUT2D eigenvalue weighted by molar-refractivity contribution is 0.408. The molecule has 1 rings (SSSR count). The molecule has 1 atom stereocenters. The highest BCUT2D eigenvalue weighted by Crippen LogP contribution is 2.20. The fourth-order valence-corrected chi connectivity index (χ4v) is 3.18. The van der Waals surface area contributed by atoms with Gasteiger partial charge in [-0.25, -0.2) is 8.42 Å². The summed E-state index contributed by atoms with van der Waals surface area (Å²) in [6.07, 6.45) is 1.95. The Labute approximate surface area is 73.8 Å². The molecule has 12 heavy (non-hydrogen) atoms. The molecule has 0 aliphatic carbocycles. The third kappa shape index (κ3) is 1.97. The van der Waals surface area contributed by atoms with Crippen LogP contribution in [-0.4, -0.2) is 37.6 Å². The van der Waals surface area contributed by atoms with Gasteiger partial charge in [-0.3, -0.25) is 0 Å². The second-order valence-electron chi connectivity index (χ2n) is 3.21. The van der Waals surface area contributed by atoms with E-state index in [-0.39, 0.29) is 18.3 Å². The molecule has 1 heterocycles. The number of nitrogens with zero attached hydrogens (tertiary/aromatic N) is 1. The minimum Gasteiger partial charge on any atom is -0.329 e. The van der Waals surface area contributed by atoms with Gasteiger partial charge in [-0.2, -0.15) is 4.31 Å². The zero-order valence-corrected chi connectivity index (χ0v) is 8.18. The highest BCUT2D eigenvalue weighted by Gasteiger charge is 2.30. The molecule has 0 saturated carbocycles. The van der Waals surface area contributed by atoms with Crippen molar-refractivity contribution in [3.8, 4) is 0 Å². The number of hydrogen-bond acceptors (Lipinski definition) is 3. The zero-order valence-electron chi connectivity index (χ0n) is 7.36. The number of nitrogens with two attached hydrogens (primary N) is 1. The van der Waals surface area contributed by atoms with Gasteiger partial charge in [0.05, 0.1) is 5.75 Å². The van der Waals surface area contributed by atoms with Crippen LogP contribution in [0.1, 0.15) is 19.8 Å². The molecule has 1 aliphatic heterocycles. The molecular weight excluding hydrogens is 176 g/mol. The first-order valence-electron chi connectivity index (χ1n) is 4.27. The Balaban J connectivity index is 2.68. The summed E-state index contributed by atoms with van der Waals surface area (Å²) in [6, 6.07) is 0.168. The van der Waals surface area contributed by atoms with Gasteiger partial charge in [0.15, 0.2) is 0 Å². The Hall–Kier alpha value is -0.130. The summed E-state index contributed by atoms with van der Waals surface area (Å²) in [5.41, 5.74) is 5.22. The van der Waals surface area contributed by atoms with E-state index in [9.17, 15) is 8.42 Å². The van der Waals surface area contributed by atoms with Gasteiger partial charge in [0, 0.05) is 19.1 Å². The normalized spacial score (nSPS) is 26.3. The van der Waals surface area contributed by atoms with Crippen LogP contribution in [0.5, 0.6) is 0 Å². The van der Waals surface area contributed by atoms with Crippen molar-refractivity contribution in [2.75, 3.05) is 18.8 Å². The molecule has 0 aromatic rings. The maximum Gasteiger partial charge on any atom is 0.215 e. The monoisotopic (exact) mass is 192 g/mol. The lowest BCUT2D eigenvalue weighted by atomic mass is 10.3. The van der Waals surface area contributed by atoms with Crippen LogP contribution in [0.4, 0.5) is 0 Å². The Morgan fingerprint density at radius 3 is 2.67 bits per heavy atom. The number of sulfonamides is 1. The number of hydrogen-bond donors (Lipinski definition) is 1. The van der Waals surface area contributed by atoms with Crippen molar-refractivity contribution in [2.24, 2.45) is 5.73 Å². The standard InChI is InChI=1S/C7H16N2O2S/c1-7-3-2-5-9(7)12(10,11)6-4-8/h7H,2-6,8H2,1H3. The van der Waals surface area contributed by atoms with Crippen LogP contribution in [0.15, 0.2) is 0 Å². The summed E-state index contributed by atoms with van der Waals surface area (Å²) in [6.45, 7) is 2.83. The van der Waals surface area contributed by atoms with Crippen LogP contribution in [0.25, 0.3) is 0 Å². The van der Waals surface area contributed by atoms with Crippen LogP contribution < -0.4 is 5.73 Å². The summed E-state index contributed by atoms with van der Waals surface area (Å²) in [4.78, 5) is 0. The molecule has 0 aromatic heterocycles. The van der Waals surface area contributed by atoms with Crippen molar-refractivity contribution in [2.45, 2.75) is 25.8 Å². The van der Waals surface area contributed by atoms with E-state index in [4.69, 9.17) is 5.73 Å². The molecule has 1 saturated heterocycles. The summed E-state index contributed by atoms with van der Waals surface area (Å²) < 4.78 is 24.5. The molecule has 72 valence electrons. The minimum atomic E-state index is -3.05. The first kappa shape index (κ1) is 9.95. The minimum absolute atomic E-state index is 0.0807. The molecule has 0 radical (unpaired) electrons. The van der Waals surface area contributed by atoms with Crippen LogP contribution in [0.3, 0.4) is 0 Å². The lowest BCUT2D eigenvalue weighted by Crippen LogP contribution is -2.37. The molecule has 5 heteroatoms. The summed E-state index contributed by atoms with van der Waals surface area (Å²) in [7, 11) is -3.05. The number of rotatable bonds is 3. The quantitative estimate of drug-likeness (QED) is 0.671. The van der Waals surface area contributed by atoms with Gasteiger partial charge in [0.2, 0.25) is 10.0 Å². The van der Waals surface area contributed by atoms with Gasteiger partial charge in [-0.15, -0.1) is 0 Å². The molecule has 4 nitrogen and oxygen atoms in total. The smallest absolute Gasteiger partial charge is 0.215 e. The average molecular weight is 192 g/mol. The van der Waals surface area contributed by atoms with Crippen LogP contribution in [0.2, 0.25) is 0 Å². The molecule has 0 amide bonds. The third-order valence-corrected chi connectivity index (χ3v) is 4.23. The first-order valence-corrected chi connectivity index (χ1v) is 5.88. The fourth-order valence-electron chi connectivity index (χ4n) is 1.59. The molecule has 2 N–H and O–H groups in total. The van der Waals surface area contributed by atoms with E-state index >= 15 is 0 Å². The van der Waals surface area contributed by atoms with Crippen molar-refractivity contribution in [3.05, 3.63) is 0 Å². The molecule has 0 spiro atoms. The Morgan fingerprint density at radius 1 is 1.58 bits per heavy atom. The molecule has 0 aromatic carbocycles. The van der Waals surface area contributed by atoms with Crippen molar-refractivity contribution in [1.82, 2.24) is 4.31 Å². The molecule has 1 fully saturated rings. The van der Waals surface area contributed by atoms with Gasteiger partial charge < -0.3 is 5.73 Å². The zero-order chi connectivity index (χ0) is 9.19. The van der Waals surface area contributed by atoms with E-state index in [0.717, 1.165) is 12.8 Å². The van der Waals surface area contributed by atoms with Crippen LogP contribution in [0, 0.1) is 0 Å². The summed E-state index contributed by atoms with van der Waals surface area (Å²) in [5, 5.41) is 0. The van der Waals surface area contributed by atoms with Crippen molar-refractivity contribution >= 4 is 10.0 Å². The van der Waals surface area contributed by atoms with Gasteiger partial charge in [0.1, 0.15) is 0 Å².